The first-order valence-corrected chi connectivity index (χ1v) is 12.4. The van der Waals surface area contributed by atoms with Crippen molar-refractivity contribution < 1.29 is 39.9 Å². The van der Waals surface area contributed by atoms with Gasteiger partial charge in [0.25, 0.3) is 5.91 Å². The molecule has 12 heteroatoms. The Morgan fingerprint density at radius 2 is 1.48 bits per heavy atom. The fourth-order valence-corrected chi connectivity index (χ4v) is 4.48. The summed E-state index contributed by atoms with van der Waals surface area (Å²) < 4.78 is 110. The molecule has 0 bridgehead atoms. The maximum atomic E-state index is 15.1. The van der Waals surface area contributed by atoms with Gasteiger partial charge >= 0.3 is 18.0 Å². The Balaban J connectivity index is 2.11. The summed E-state index contributed by atoms with van der Waals surface area (Å²) >= 11 is 5.90. The number of hydrogen-bond donors (Lipinski definition) is 1. The highest BCUT2D eigenvalue weighted by Crippen LogP contribution is 2.55. The number of alkyl halides is 7. The Labute approximate surface area is 230 Å². The molecule has 0 atom stereocenters. The van der Waals surface area contributed by atoms with Crippen LogP contribution in [-0.4, -0.2) is 30.8 Å². The van der Waals surface area contributed by atoms with Crippen molar-refractivity contribution in [3.8, 4) is 0 Å². The molecule has 0 radical (unpaired) electrons. The van der Waals surface area contributed by atoms with Crippen LogP contribution in [0.5, 0.6) is 0 Å². The molecule has 3 aromatic carbocycles. The number of amides is 1. The van der Waals surface area contributed by atoms with Crippen LogP contribution in [0.15, 0.2) is 66.7 Å². The van der Waals surface area contributed by atoms with Crippen LogP contribution in [0.25, 0.3) is 0 Å². The summed E-state index contributed by atoms with van der Waals surface area (Å²) in [5.41, 5.74) is -6.77. The molecule has 3 nitrogen and oxygen atoms in total. The number of halogens is 9. The van der Waals surface area contributed by atoms with Crippen molar-refractivity contribution in [2.75, 3.05) is 11.4 Å². The zero-order valence-electron chi connectivity index (χ0n) is 21.3. The molecule has 0 aliphatic carbocycles. The molecule has 0 unspecified atom stereocenters. The third kappa shape index (κ3) is 6.68. The molecular formula is C28H25ClF8N2O. The number of nitrogens with zero attached hydrogens (tertiary/aromatic N) is 1. The lowest BCUT2D eigenvalue weighted by Gasteiger charge is -2.35. The maximum absolute atomic E-state index is 15.1. The van der Waals surface area contributed by atoms with Crippen LogP contribution in [0, 0.1) is 5.82 Å². The molecule has 0 spiro atoms. The minimum absolute atomic E-state index is 0.0569. The molecule has 0 aliphatic heterocycles. The summed E-state index contributed by atoms with van der Waals surface area (Å²) in [6.07, 6.45) is -12.5. The summed E-state index contributed by atoms with van der Waals surface area (Å²) in [5, 5.41) is 1.47. The largest absolute Gasteiger partial charge is 0.436 e. The van der Waals surface area contributed by atoms with Gasteiger partial charge in [-0.1, -0.05) is 41.9 Å². The van der Waals surface area contributed by atoms with Gasteiger partial charge in [-0.2, -0.15) is 26.3 Å². The van der Waals surface area contributed by atoms with Gasteiger partial charge < -0.3 is 10.2 Å². The Kier molecular flexibility index (Phi) is 9.39. The number of hydrogen-bond acceptors (Lipinski definition) is 2. The maximum Gasteiger partial charge on any atom is 0.436 e. The zero-order chi connectivity index (χ0) is 29.9. The Morgan fingerprint density at radius 1 is 0.900 bits per heavy atom. The Bertz CT molecular complexity index is 1290. The van der Waals surface area contributed by atoms with E-state index in [1.165, 1.54) is 41.3 Å². The standard InChI is InChI=1S/C28H25ClF8N2O/c1-17(2)39(13-12-18-8-10-21(30)11-9-18)24-15-22(26(31,27(32,33)34)28(35,36)37)23(29)14-20(24)16-38-25(40)19-6-4-3-5-7-19/h3-11,14-15,17H,12-13,16H2,1-2H3,(H,38,40). The molecular weight excluding hydrogens is 568 g/mol. The van der Waals surface area contributed by atoms with Gasteiger partial charge in [0, 0.05) is 41.0 Å². The molecule has 0 aromatic heterocycles. The third-order valence-corrected chi connectivity index (χ3v) is 6.60. The molecule has 216 valence electrons. The summed E-state index contributed by atoms with van der Waals surface area (Å²) in [6, 6.07) is 14.1. The Hall–Kier alpha value is -3.34. The van der Waals surface area contributed by atoms with Crippen molar-refractivity contribution in [3.63, 3.8) is 0 Å². The number of carbonyl (C=O) groups excluding carboxylic acids is 1. The second-order valence-electron chi connectivity index (χ2n) is 9.33. The fraction of sp³-hybridized carbons (Fsp3) is 0.321. The minimum atomic E-state index is -6.37. The first-order chi connectivity index (χ1) is 18.6. The van der Waals surface area contributed by atoms with E-state index in [1.807, 2.05) is 0 Å². The van der Waals surface area contributed by atoms with Crippen molar-refractivity contribution in [2.24, 2.45) is 0 Å². The first-order valence-electron chi connectivity index (χ1n) is 12.1. The second-order valence-corrected chi connectivity index (χ2v) is 9.73. The number of carbonyl (C=O) groups is 1. The van der Waals surface area contributed by atoms with Gasteiger partial charge in [-0.25, -0.2) is 8.78 Å². The lowest BCUT2D eigenvalue weighted by atomic mass is 9.91. The monoisotopic (exact) mass is 592 g/mol. The zero-order valence-corrected chi connectivity index (χ0v) is 22.1. The van der Waals surface area contributed by atoms with E-state index in [9.17, 15) is 35.5 Å². The molecule has 0 heterocycles. The van der Waals surface area contributed by atoms with Gasteiger partial charge in [-0.05, 0) is 67.8 Å². The van der Waals surface area contributed by atoms with E-state index in [4.69, 9.17) is 11.6 Å². The van der Waals surface area contributed by atoms with Crippen LogP contribution >= 0.6 is 11.6 Å². The highest BCUT2D eigenvalue weighted by atomic mass is 35.5. The predicted octanol–water partition coefficient (Wildman–Crippen LogP) is 8.16. The van der Waals surface area contributed by atoms with E-state index < -0.39 is 46.4 Å². The van der Waals surface area contributed by atoms with Crippen molar-refractivity contribution in [1.29, 1.82) is 0 Å². The summed E-state index contributed by atoms with van der Waals surface area (Å²) in [4.78, 5) is 14.1. The second kappa shape index (κ2) is 12.0. The quantitative estimate of drug-likeness (QED) is 0.254. The highest BCUT2D eigenvalue weighted by molar-refractivity contribution is 6.31. The molecule has 0 saturated carbocycles. The van der Waals surface area contributed by atoms with E-state index in [0.29, 0.717) is 11.6 Å². The third-order valence-electron chi connectivity index (χ3n) is 6.28. The smallest absolute Gasteiger partial charge is 0.368 e. The lowest BCUT2D eigenvalue weighted by molar-refractivity contribution is -0.348. The molecule has 40 heavy (non-hydrogen) atoms. The van der Waals surface area contributed by atoms with Gasteiger partial charge in [0.05, 0.1) is 0 Å². The number of rotatable bonds is 9. The summed E-state index contributed by atoms with van der Waals surface area (Å²) in [5.74, 6) is -1.04. The van der Waals surface area contributed by atoms with Crippen LogP contribution in [0.3, 0.4) is 0 Å². The van der Waals surface area contributed by atoms with Crippen molar-refractivity contribution in [1.82, 2.24) is 5.32 Å². The molecule has 3 aromatic rings. The van der Waals surface area contributed by atoms with Crippen molar-refractivity contribution >= 4 is 23.2 Å². The van der Waals surface area contributed by atoms with E-state index in [-0.39, 0.29) is 36.3 Å². The molecule has 1 amide bonds. The van der Waals surface area contributed by atoms with Gasteiger partial charge in [0.2, 0.25) is 0 Å². The average Bonchev–Trinajstić information content (AvgIpc) is 2.87. The minimum Gasteiger partial charge on any atom is -0.368 e. The molecule has 0 saturated heterocycles. The van der Waals surface area contributed by atoms with Gasteiger partial charge in [-0.3, -0.25) is 4.79 Å². The average molecular weight is 593 g/mol. The van der Waals surface area contributed by atoms with E-state index in [2.05, 4.69) is 5.32 Å². The summed E-state index contributed by atoms with van der Waals surface area (Å²) in [7, 11) is 0. The van der Waals surface area contributed by atoms with Gasteiger partial charge in [0.1, 0.15) is 5.82 Å². The van der Waals surface area contributed by atoms with Crippen LogP contribution < -0.4 is 10.2 Å². The van der Waals surface area contributed by atoms with Crippen LogP contribution in [0.1, 0.15) is 40.9 Å². The van der Waals surface area contributed by atoms with Crippen LogP contribution in [0.2, 0.25) is 5.02 Å². The number of nitrogens with one attached hydrogen (secondary N) is 1. The van der Waals surface area contributed by atoms with E-state index in [1.54, 1.807) is 32.0 Å². The lowest BCUT2D eigenvalue weighted by Crippen LogP contribution is -2.50. The van der Waals surface area contributed by atoms with Crippen LogP contribution in [-0.2, 0) is 18.6 Å². The van der Waals surface area contributed by atoms with E-state index >= 15 is 4.39 Å². The van der Waals surface area contributed by atoms with Gasteiger partial charge in [-0.15, -0.1) is 0 Å². The topological polar surface area (TPSA) is 32.3 Å². The fourth-order valence-electron chi connectivity index (χ4n) is 4.17. The predicted molar refractivity (Wildman–Crippen MR) is 137 cm³/mol. The Morgan fingerprint density at radius 3 is 2.00 bits per heavy atom. The SMILES string of the molecule is CC(C)N(CCc1ccc(F)cc1)c1cc(C(F)(C(F)(F)F)C(F)(F)F)c(Cl)cc1CNC(=O)c1ccccc1. The molecule has 1 N–H and O–H groups in total. The molecule has 0 aliphatic rings. The summed E-state index contributed by atoms with van der Waals surface area (Å²) in [6.45, 7) is 3.00. The van der Waals surface area contributed by atoms with Crippen LogP contribution in [0.4, 0.5) is 40.8 Å². The first kappa shape index (κ1) is 31.2. The van der Waals surface area contributed by atoms with Crippen molar-refractivity contribution in [2.45, 2.75) is 50.9 Å². The van der Waals surface area contributed by atoms with Gasteiger partial charge in [0.15, 0.2) is 0 Å². The van der Waals surface area contributed by atoms with Crippen molar-refractivity contribution in [3.05, 3.63) is 99.8 Å². The molecule has 0 fully saturated rings. The van der Waals surface area contributed by atoms with E-state index in [0.717, 1.165) is 6.07 Å². The number of anilines is 1. The number of benzene rings is 3. The molecule has 3 rings (SSSR count). The highest BCUT2D eigenvalue weighted by Gasteiger charge is 2.74. The normalized spacial score (nSPS) is 12.5.